The van der Waals surface area contributed by atoms with Gasteiger partial charge in [0.2, 0.25) is 5.91 Å². The van der Waals surface area contributed by atoms with Crippen LogP contribution in [-0.4, -0.2) is 26.8 Å². The van der Waals surface area contributed by atoms with Crippen LogP contribution in [0.4, 0.5) is 0 Å². The Hall–Kier alpha value is -2.89. The van der Waals surface area contributed by atoms with Gasteiger partial charge in [-0.05, 0) is 43.2 Å². The second-order valence-electron chi connectivity index (χ2n) is 4.79. The molecule has 1 aromatic heterocycles. The zero-order valence-corrected chi connectivity index (χ0v) is 12.2. The van der Waals surface area contributed by atoms with E-state index in [9.17, 15) is 15.0 Å². The van der Waals surface area contributed by atoms with Crippen LogP contribution in [0.3, 0.4) is 0 Å². The Morgan fingerprint density at radius 2 is 1.91 bits per heavy atom. The highest BCUT2D eigenvalue weighted by Gasteiger charge is 2.05. The van der Waals surface area contributed by atoms with E-state index in [1.807, 2.05) is 12.1 Å². The number of carbonyl (C=O) groups is 1. The van der Waals surface area contributed by atoms with Crippen LogP contribution < -0.4 is 5.43 Å². The van der Waals surface area contributed by atoms with Crippen molar-refractivity contribution >= 4 is 11.6 Å². The van der Waals surface area contributed by atoms with Crippen LogP contribution in [-0.2, 0) is 11.2 Å². The molecule has 0 spiro atoms. The lowest BCUT2D eigenvalue weighted by Gasteiger charge is -2.04. The molecule has 0 saturated heterocycles. The van der Waals surface area contributed by atoms with Gasteiger partial charge in [0, 0.05) is 24.4 Å². The lowest BCUT2D eigenvalue weighted by molar-refractivity contribution is -0.121. The molecule has 6 heteroatoms. The third kappa shape index (κ3) is 4.31. The van der Waals surface area contributed by atoms with Crippen LogP contribution >= 0.6 is 0 Å². The predicted molar refractivity (Wildman–Crippen MR) is 82.7 cm³/mol. The van der Waals surface area contributed by atoms with Crippen molar-refractivity contribution in [1.29, 1.82) is 0 Å². The number of phenols is 2. The quantitative estimate of drug-likeness (QED) is 0.447. The molecule has 0 aliphatic heterocycles. The molecule has 1 amide bonds. The van der Waals surface area contributed by atoms with Crippen molar-refractivity contribution in [3.63, 3.8) is 0 Å². The molecule has 0 fully saturated rings. The fraction of sp³-hybridized carbons (Fsp3) is 0.188. The minimum atomic E-state index is -0.221. The number of amides is 1. The Labute approximate surface area is 128 Å². The van der Waals surface area contributed by atoms with E-state index in [4.69, 9.17) is 0 Å². The maximum absolute atomic E-state index is 11.8. The number of benzene rings is 1. The van der Waals surface area contributed by atoms with E-state index in [0.717, 1.165) is 11.1 Å². The number of nitrogens with one attached hydrogen (secondary N) is 1. The number of phenolic OH excluding ortho intramolecular Hbond substituents is 2. The molecule has 0 atom stereocenters. The number of hydrazone groups is 1. The van der Waals surface area contributed by atoms with E-state index in [1.165, 1.54) is 12.1 Å². The van der Waals surface area contributed by atoms with Gasteiger partial charge >= 0.3 is 0 Å². The van der Waals surface area contributed by atoms with Crippen molar-refractivity contribution in [3.8, 4) is 11.5 Å². The minimum Gasteiger partial charge on any atom is -0.504 e. The zero-order chi connectivity index (χ0) is 15.9. The molecule has 0 unspecified atom stereocenters. The average Bonchev–Trinajstić information content (AvgIpc) is 2.54. The smallest absolute Gasteiger partial charge is 0.240 e. The number of aromatic hydroxyl groups is 2. The fourth-order valence-corrected chi connectivity index (χ4v) is 1.84. The number of aromatic nitrogens is 1. The molecule has 2 rings (SSSR count). The van der Waals surface area contributed by atoms with E-state index in [-0.39, 0.29) is 23.8 Å². The van der Waals surface area contributed by atoms with Crippen LogP contribution in [0.1, 0.15) is 24.5 Å². The molecule has 114 valence electrons. The van der Waals surface area contributed by atoms with Gasteiger partial charge in [0.05, 0.1) is 5.71 Å². The molecule has 6 nitrogen and oxygen atoms in total. The van der Waals surface area contributed by atoms with Crippen LogP contribution in [0.5, 0.6) is 11.5 Å². The summed E-state index contributed by atoms with van der Waals surface area (Å²) in [5.41, 5.74) is 4.84. The average molecular weight is 299 g/mol. The lowest BCUT2D eigenvalue weighted by Crippen LogP contribution is -2.19. The normalized spacial score (nSPS) is 11.2. The Balaban J connectivity index is 1.86. The zero-order valence-electron chi connectivity index (χ0n) is 12.2. The topological polar surface area (TPSA) is 94.8 Å². The lowest BCUT2D eigenvalue weighted by atomic mass is 10.1. The Bertz CT molecular complexity index is 684. The van der Waals surface area contributed by atoms with E-state index in [1.54, 1.807) is 25.4 Å². The van der Waals surface area contributed by atoms with E-state index < -0.39 is 0 Å². The van der Waals surface area contributed by atoms with Gasteiger partial charge in [-0.25, -0.2) is 5.43 Å². The summed E-state index contributed by atoms with van der Waals surface area (Å²) in [6.07, 6.45) is 4.00. The van der Waals surface area contributed by atoms with Crippen molar-refractivity contribution in [1.82, 2.24) is 10.4 Å². The Morgan fingerprint density at radius 3 is 2.59 bits per heavy atom. The van der Waals surface area contributed by atoms with E-state index in [0.29, 0.717) is 12.1 Å². The SMILES string of the molecule is C/C(=N/NC(=O)CCc1ccc(O)c(O)c1)c1ccncc1. The van der Waals surface area contributed by atoms with Gasteiger partial charge in [-0.3, -0.25) is 9.78 Å². The number of rotatable bonds is 5. The van der Waals surface area contributed by atoms with Crippen LogP contribution in [0.2, 0.25) is 0 Å². The summed E-state index contributed by atoms with van der Waals surface area (Å²) in [6, 6.07) is 8.12. The molecule has 0 bridgehead atoms. The maximum atomic E-state index is 11.8. The number of pyridine rings is 1. The molecule has 3 N–H and O–H groups in total. The van der Waals surface area contributed by atoms with Crippen molar-refractivity contribution in [2.45, 2.75) is 19.8 Å². The highest BCUT2D eigenvalue weighted by Crippen LogP contribution is 2.25. The molecule has 1 aromatic carbocycles. The first kappa shape index (κ1) is 15.5. The van der Waals surface area contributed by atoms with Crippen molar-refractivity contribution in [3.05, 3.63) is 53.9 Å². The first-order chi connectivity index (χ1) is 10.6. The second-order valence-corrected chi connectivity index (χ2v) is 4.79. The predicted octanol–water partition coefficient (Wildman–Crippen LogP) is 1.97. The summed E-state index contributed by atoms with van der Waals surface area (Å²) in [5, 5.41) is 22.7. The molecule has 0 aliphatic rings. The molecular weight excluding hydrogens is 282 g/mol. The van der Waals surface area contributed by atoms with Gasteiger partial charge in [0.1, 0.15) is 0 Å². The first-order valence-electron chi connectivity index (χ1n) is 6.80. The number of aryl methyl sites for hydroxylation is 1. The minimum absolute atomic E-state index is 0.175. The molecule has 0 aliphatic carbocycles. The molecule has 2 aromatic rings. The highest BCUT2D eigenvalue weighted by molar-refractivity contribution is 5.99. The highest BCUT2D eigenvalue weighted by atomic mass is 16.3. The Kier molecular flexibility index (Phi) is 5.08. The summed E-state index contributed by atoms with van der Waals surface area (Å²) < 4.78 is 0. The van der Waals surface area contributed by atoms with Crippen LogP contribution in [0, 0.1) is 0 Å². The van der Waals surface area contributed by atoms with Crippen molar-refractivity contribution in [2.75, 3.05) is 0 Å². The van der Waals surface area contributed by atoms with Crippen LogP contribution in [0.25, 0.3) is 0 Å². The summed E-state index contributed by atoms with van der Waals surface area (Å²) in [4.78, 5) is 15.7. The first-order valence-corrected chi connectivity index (χ1v) is 6.80. The second kappa shape index (κ2) is 7.21. The summed E-state index contributed by atoms with van der Waals surface area (Å²) in [6.45, 7) is 1.80. The van der Waals surface area contributed by atoms with Gasteiger partial charge in [-0.2, -0.15) is 5.10 Å². The number of carbonyl (C=O) groups excluding carboxylic acids is 1. The molecule has 0 radical (unpaired) electrons. The Morgan fingerprint density at radius 1 is 1.18 bits per heavy atom. The van der Waals surface area contributed by atoms with Crippen LogP contribution in [0.15, 0.2) is 47.8 Å². The van der Waals surface area contributed by atoms with Crippen molar-refractivity contribution in [2.24, 2.45) is 5.10 Å². The number of nitrogens with zero attached hydrogens (tertiary/aromatic N) is 2. The van der Waals surface area contributed by atoms with Crippen molar-refractivity contribution < 1.29 is 15.0 Å². The molecule has 0 saturated carbocycles. The summed E-state index contributed by atoms with van der Waals surface area (Å²) >= 11 is 0. The van der Waals surface area contributed by atoms with E-state index in [2.05, 4.69) is 15.5 Å². The largest absolute Gasteiger partial charge is 0.504 e. The standard InChI is InChI=1S/C16H17N3O3/c1-11(13-6-8-17-9-7-13)18-19-16(22)5-3-12-2-4-14(20)15(21)10-12/h2,4,6-10,20-21H,3,5H2,1H3,(H,19,22)/b18-11-. The molecular formula is C16H17N3O3. The third-order valence-corrected chi connectivity index (χ3v) is 3.13. The third-order valence-electron chi connectivity index (χ3n) is 3.13. The van der Waals surface area contributed by atoms with Gasteiger partial charge in [-0.1, -0.05) is 6.07 Å². The number of hydrogen-bond donors (Lipinski definition) is 3. The van der Waals surface area contributed by atoms with Gasteiger partial charge in [0.15, 0.2) is 11.5 Å². The molecule has 1 heterocycles. The fourth-order valence-electron chi connectivity index (χ4n) is 1.84. The number of hydrogen-bond acceptors (Lipinski definition) is 5. The van der Waals surface area contributed by atoms with Gasteiger partial charge in [0.25, 0.3) is 0 Å². The molecule has 22 heavy (non-hydrogen) atoms. The van der Waals surface area contributed by atoms with Gasteiger partial charge < -0.3 is 10.2 Å². The summed E-state index contributed by atoms with van der Waals surface area (Å²) in [7, 11) is 0. The maximum Gasteiger partial charge on any atom is 0.240 e. The summed E-state index contributed by atoms with van der Waals surface area (Å²) in [5.74, 6) is -0.587. The van der Waals surface area contributed by atoms with E-state index >= 15 is 0 Å². The monoisotopic (exact) mass is 299 g/mol. The van der Waals surface area contributed by atoms with Gasteiger partial charge in [-0.15, -0.1) is 0 Å².